The SMILES string of the molecule is Sc1conc1-c1ccccc1. The van der Waals surface area contributed by atoms with Gasteiger partial charge in [-0.05, 0) is 0 Å². The van der Waals surface area contributed by atoms with E-state index >= 15 is 0 Å². The molecule has 0 spiro atoms. The zero-order valence-corrected chi connectivity index (χ0v) is 7.16. The van der Waals surface area contributed by atoms with Crippen molar-refractivity contribution in [3.05, 3.63) is 36.6 Å². The fraction of sp³-hybridized carbons (Fsp3) is 0. The van der Waals surface area contributed by atoms with Gasteiger partial charge in [-0.1, -0.05) is 35.5 Å². The second-order valence-electron chi connectivity index (χ2n) is 2.41. The van der Waals surface area contributed by atoms with E-state index < -0.39 is 0 Å². The van der Waals surface area contributed by atoms with Crippen LogP contribution in [0.15, 0.2) is 46.0 Å². The molecule has 1 heterocycles. The van der Waals surface area contributed by atoms with E-state index in [4.69, 9.17) is 4.52 Å². The summed E-state index contributed by atoms with van der Waals surface area (Å²) in [4.78, 5) is 0.765. The molecule has 0 aliphatic carbocycles. The standard InChI is InChI=1S/C9H7NOS/c12-8-6-11-10-9(8)7-4-2-1-3-5-7/h1-6,12H. The smallest absolute Gasteiger partial charge is 0.137 e. The number of thiol groups is 1. The Morgan fingerprint density at radius 2 is 1.92 bits per heavy atom. The molecule has 0 amide bonds. The fourth-order valence-electron chi connectivity index (χ4n) is 1.03. The van der Waals surface area contributed by atoms with Crippen molar-refractivity contribution in [3.63, 3.8) is 0 Å². The number of aromatic nitrogens is 1. The Labute approximate surface area is 75.6 Å². The van der Waals surface area contributed by atoms with Crippen LogP contribution in [0.1, 0.15) is 0 Å². The summed E-state index contributed by atoms with van der Waals surface area (Å²) in [5.41, 5.74) is 1.81. The summed E-state index contributed by atoms with van der Waals surface area (Å²) in [6, 6.07) is 9.81. The maximum absolute atomic E-state index is 4.77. The van der Waals surface area contributed by atoms with Crippen LogP contribution in [0.4, 0.5) is 0 Å². The molecule has 0 aliphatic heterocycles. The maximum atomic E-state index is 4.77. The van der Waals surface area contributed by atoms with Crippen molar-refractivity contribution in [2.45, 2.75) is 4.90 Å². The molecule has 0 atom stereocenters. The van der Waals surface area contributed by atoms with Gasteiger partial charge in [0.25, 0.3) is 0 Å². The Kier molecular flexibility index (Phi) is 1.87. The van der Waals surface area contributed by atoms with E-state index in [-0.39, 0.29) is 0 Å². The lowest BCUT2D eigenvalue weighted by Gasteiger charge is -1.93. The number of rotatable bonds is 1. The van der Waals surface area contributed by atoms with Crippen molar-refractivity contribution < 1.29 is 4.52 Å². The van der Waals surface area contributed by atoms with Crippen LogP contribution >= 0.6 is 12.6 Å². The van der Waals surface area contributed by atoms with Crippen LogP contribution in [-0.2, 0) is 0 Å². The van der Waals surface area contributed by atoms with Crippen molar-refractivity contribution in [1.29, 1.82) is 0 Å². The average molecular weight is 177 g/mol. The topological polar surface area (TPSA) is 26.0 Å². The second kappa shape index (κ2) is 3.03. The molecule has 0 unspecified atom stereocenters. The minimum Gasteiger partial charge on any atom is -0.363 e. The lowest BCUT2D eigenvalue weighted by Crippen LogP contribution is -1.76. The highest BCUT2D eigenvalue weighted by Gasteiger charge is 2.04. The third-order valence-electron chi connectivity index (χ3n) is 1.60. The van der Waals surface area contributed by atoms with Gasteiger partial charge in [0.15, 0.2) is 0 Å². The summed E-state index contributed by atoms with van der Waals surface area (Å²) in [7, 11) is 0. The monoisotopic (exact) mass is 177 g/mol. The van der Waals surface area contributed by atoms with E-state index in [1.165, 1.54) is 6.26 Å². The lowest BCUT2D eigenvalue weighted by atomic mass is 10.2. The largest absolute Gasteiger partial charge is 0.363 e. The van der Waals surface area contributed by atoms with Crippen LogP contribution < -0.4 is 0 Å². The third-order valence-corrected chi connectivity index (χ3v) is 1.92. The van der Waals surface area contributed by atoms with Gasteiger partial charge in [-0.3, -0.25) is 0 Å². The molecule has 2 rings (SSSR count). The van der Waals surface area contributed by atoms with Gasteiger partial charge in [0, 0.05) is 5.56 Å². The summed E-state index contributed by atoms with van der Waals surface area (Å²) in [5.74, 6) is 0. The molecule has 0 N–H and O–H groups in total. The molecule has 12 heavy (non-hydrogen) atoms. The van der Waals surface area contributed by atoms with Gasteiger partial charge in [-0.25, -0.2) is 0 Å². The molecule has 0 fully saturated rings. The number of hydrogen-bond acceptors (Lipinski definition) is 3. The van der Waals surface area contributed by atoms with E-state index in [1.54, 1.807) is 0 Å². The van der Waals surface area contributed by atoms with Crippen LogP contribution in [0, 0.1) is 0 Å². The fourth-order valence-corrected chi connectivity index (χ4v) is 1.25. The van der Waals surface area contributed by atoms with Gasteiger partial charge in [-0.15, -0.1) is 12.6 Å². The molecule has 1 aromatic heterocycles. The molecule has 0 saturated carbocycles. The van der Waals surface area contributed by atoms with Gasteiger partial charge in [-0.2, -0.15) is 0 Å². The molecule has 0 bridgehead atoms. The van der Waals surface area contributed by atoms with E-state index in [0.29, 0.717) is 0 Å². The first kappa shape index (κ1) is 7.43. The Morgan fingerprint density at radius 3 is 2.50 bits per heavy atom. The summed E-state index contributed by atoms with van der Waals surface area (Å²) in [5, 5.41) is 3.83. The first-order valence-electron chi connectivity index (χ1n) is 3.56. The molecule has 1 aromatic carbocycles. The number of benzene rings is 1. The second-order valence-corrected chi connectivity index (χ2v) is 2.90. The molecule has 60 valence electrons. The molecule has 0 aliphatic rings. The third kappa shape index (κ3) is 1.23. The molecule has 2 aromatic rings. The Balaban J connectivity index is 2.51. The molecule has 0 radical (unpaired) electrons. The summed E-state index contributed by atoms with van der Waals surface area (Å²) in [6.45, 7) is 0. The van der Waals surface area contributed by atoms with Crippen molar-refractivity contribution in [2.24, 2.45) is 0 Å². The van der Waals surface area contributed by atoms with Gasteiger partial charge < -0.3 is 4.52 Å². The van der Waals surface area contributed by atoms with E-state index in [2.05, 4.69) is 17.8 Å². The Morgan fingerprint density at radius 1 is 1.17 bits per heavy atom. The lowest BCUT2D eigenvalue weighted by molar-refractivity contribution is 0.420. The molecular weight excluding hydrogens is 170 g/mol. The van der Waals surface area contributed by atoms with Crippen molar-refractivity contribution in [1.82, 2.24) is 5.16 Å². The van der Waals surface area contributed by atoms with E-state index in [1.807, 2.05) is 30.3 Å². The highest BCUT2D eigenvalue weighted by Crippen LogP contribution is 2.23. The van der Waals surface area contributed by atoms with Crippen LogP contribution in [0.25, 0.3) is 11.3 Å². The first-order chi connectivity index (χ1) is 5.88. The average Bonchev–Trinajstić information content (AvgIpc) is 2.53. The van der Waals surface area contributed by atoms with Crippen molar-refractivity contribution >= 4 is 12.6 Å². The summed E-state index contributed by atoms with van der Waals surface area (Å²) >= 11 is 4.20. The minimum atomic E-state index is 0.765. The van der Waals surface area contributed by atoms with Crippen molar-refractivity contribution in [2.75, 3.05) is 0 Å². The van der Waals surface area contributed by atoms with E-state index in [0.717, 1.165) is 16.2 Å². The Hall–Kier alpha value is -1.22. The van der Waals surface area contributed by atoms with Crippen molar-refractivity contribution in [3.8, 4) is 11.3 Å². The number of hydrogen-bond donors (Lipinski definition) is 1. The predicted octanol–water partition coefficient (Wildman–Crippen LogP) is 2.63. The molecule has 0 saturated heterocycles. The number of nitrogens with zero attached hydrogens (tertiary/aromatic N) is 1. The Bertz CT molecular complexity index is 369. The highest BCUT2D eigenvalue weighted by molar-refractivity contribution is 7.80. The van der Waals surface area contributed by atoms with Gasteiger partial charge in [0.2, 0.25) is 0 Å². The predicted molar refractivity (Wildman–Crippen MR) is 49.2 cm³/mol. The van der Waals surface area contributed by atoms with Crippen LogP contribution in [0.3, 0.4) is 0 Å². The zero-order valence-electron chi connectivity index (χ0n) is 6.27. The molecule has 3 heteroatoms. The van der Waals surface area contributed by atoms with Gasteiger partial charge in [0.05, 0.1) is 4.90 Å². The van der Waals surface area contributed by atoms with E-state index in [9.17, 15) is 0 Å². The molecular formula is C9H7NOS. The quantitative estimate of drug-likeness (QED) is 0.677. The first-order valence-corrected chi connectivity index (χ1v) is 4.01. The summed E-state index contributed by atoms with van der Waals surface area (Å²) in [6.07, 6.45) is 1.52. The maximum Gasteiger partial charge on any atom is 0.137 e. The van der Waals surface area contributed by atoms with Gasteiger partial charge >= 0.3 is 0 Å². The van der Waals surface area contributed by atoms with Crippen LogP contribution in [0.5, 0.6) is 0 Å². The summed E-state index contributed by atoms with van der Waals surface area (Å²) < 4.78 is 4.77. The minimum absolute atomic E-state index is 0.765. The highest BCUT2D eigenvalue weighted by atomic mass is 32.1. The van der Waals surface area contributed by atoms with Crippen LogP contribution in [0.2, 0.25) is 0 Å². The van der Waals surface area contributed by atoms with Crippen LogP contribution in [-0.4, -0.2) is 5.16 Å². The molecule has 2 nitrogen and oxygen atoms in total. The van der Waals surface area contributed by atoms with Gasteiger partial charge in [0.1, 0.15) is 12.0 Å². The normalized spacial score (nSPS) is 10.1. The zero-order chi connectivity index (χ0) is 8.39.